The second kappa shape index (κ2) is 5.25. The fraction of sp³-hybridized carbons (Fsp3) is 0.0526. The van der Waals surface area contributed by atoms with E-state index in [-0.39, 0.29) is 5.43 Å². The Morgan fingerprint density at radius 1 is 1.00 bits per heavy atom. The van der Waals surface area contributed by atoms with Gasteiger partial charge < -0.3 is 8.98 Å². The van der Waals surface area contributed by atoms with Gasteiger partial charge in [0.1, 0.15) is 11.3 Å². The predicted octanol–water partition coefficient (Wildman–Crippen LogP) is 3.86. The van der Waals surface area contributed by atoms with Gasteiger partial charge in [-0.05, 0) is 12.1 Å². The average molecular weight is 302 g/mol. The first-order chi connectivity index (χ1) is 11.2. The highest BCUT2D eigenvalue weighted by Crippen LogP contribution is 2.26. The quantitative estimate of drug-likeness (QED) is 0.565. The zero-order valence-corrected chi connectivity index (χ0v) is 12.6. The summed E-state index contributed by atoms with van der Waals surface area (Å²) in [5.41, 5.74) is 3.36. The molecule has 0 unspecified atom stereocenters. The number of benzene rings is 2. The first kappa shape index (κ1) is 13.5. The van der Waals surface area contributed by atoms with Gasteiger partial charge in [-0.1, -0.05) is 36.4 Å². The number of hydrogen-bond donors (Lipinski definition) is 0. The second-order valence-electron chi connectivity index (χ2n) is 5.44. The lowest BCUT2D eigenvalue weighted by atomic mass is 10.1. The molecule has 2 aromatic heterocycles. The van der Waals surface area contributed by atoms with Crippen LogP contribution in [-0.4, -0.2) is 9.55 Å². The predicted molar refractivity (Wildman–Crippen MR) is 90.1 cm³/mol. The molecule has 0 saturated carbocycles. The summed E-state index contributed by atoms with van der Waals surface area (Å²) in [5, 5.41) is 0.579. The number of fused-ring (bicyclic) bond motifs is 1. The van der Waals surface area contributed by atoms with Crippen LogP contribution in [0.1, 0.15) is 0 Å². The van der Waals surface area contributed by atoms with Gasteiger partial charge >= 0.3 is 0 Å². The van der Waals surface area contributed by atoms with Gasteiger partial charge in [0, 0.05) is 24.2 Å². The van der Waals surface area contributed by atoms with Crippen molar-refractivity contribution < 1.29 is 4.42 Å². The Hall–Kier alpha value is -3.14. The molecule has 0 fully saturated rings. The van der Waals surface area contributed by atoms with Gasteiger partial charge in [-0.2, -0.15) is 0 Å². The molecule has 112 valence electrons. The molecule has 0 radical (unpaired) electrons. The topological polar surface area (TPSA) is 48.0 Å². The summed E-state index contributed by atoms with van der Waals surface area (Å²) < 4.78 is 7.91. The third kappa shape index (κ3) is 2.34. The van der Waals surface area contributed by atoms with E-state index in [1.54, 1.807) is 24.7 Å². The molecule has 2 heterocycles. The van der Waals surface area contributed by atoms with Crippen LogP contribution in [0.25, 0.3) is 33.6 Å². The Morgan fingerprint density at radius 3 is 2.57 bits per heavy atom. The smallest absolute Gasteiger partial charge is 0.193 e. The molecule has 0 aliphatic carbocycles. The monoisotopic (exact) mass is 302 g/mol. The fourth-order valence-corrected chi connectivity index (χ4v) is 2.69. The van der Waals surface area contributed by atoms with Gasteiger partial charge in [0.15, 0.2) is 5.43 Å². The van der Waals surface area contributed by atoms with Crippen molar-refractivity contribution in [3.63, 3.8) is 0 Å². The molecule has 0 atom stereocenters. The van der Waals surface area contributed by atoms with Crippen molar-refractivity contribution in [2.45, 2.75) is 0 Å². The largest absolute Gasteiger partial charge is 0.456 e. The van der Waals surface area contributed by atoms with Crippen molar-refractivity contribution >= 4 is 11.0 Å². The molecular formula is C19H14N2O2. The molecule has 0 aliphatic heterocycles. The minimum absolute atomic E-state index is 0.0401. The Kier molecular flexibility index (Phi) is 3.08. The molecular weight excluding hydrogens is 288 g/mol. The van der Waals surface area contributed by atoms with Crippen molar-refractivity contribution in [3.8, 4) is 22.6 Å². The standard InChI is InChI=1S/C19H14N2O2/c1-21-12-20-11-16(21)14-7-8-15-17(22)10-18(23-19(15)9-14)13-5-3-2-4-6-13/h2-12H,1H3. The van der Waals surface area contributed by atoms with E-state index in [1.807, 2.05) is 54.1 Å². The lowest BCUT2D eigenvalue weighted by molar-refractivity contribution is 0.619. The van der Waals surface area contributed by atoms with Gasteiger partial charge in [-0.25, -0.2) is 4.98 Å². The first-order valence-electron chi connectivity index (χ1n) is 7.32. The number of hydrogen-bond acceptors (Lipinski definition) is 3. The highest BCUT2D eigenvalue weighted by Gasteiger charge is 2.09. The first-order valence-corrected chi connectivity index (χ1v) is 7.32. The van der Waals surface area contributed by atoms with Gasteiger partial charge in [-0.3, -0.25) is 4.79 Å². The lowest BCUT2D eigenvalue weighted by Gasteiger charge is -2.06. The van der Waals surface area contributed by atoms with Crippen LogP contribution in [0.2, 0.25) is 0 Å². The van der Waals surface area contributed by atoms with Crippen molar-refractivity contribution in [2.24, 2.45) is 7.05 Å². The molecule has 0 amide bonds. The van der Waals surface area contributed by atoms with Gasteiger partial charge in [-0.15, -0.1) is 0 Å². The summed E-state index contributed by atoms with van der Waals surface area (Å²) in [6.45, 7) is 0. The maximum Gasteiger partial charge on any atom is 0.193 e. The number of imidazole rings is 1. The maximum absolute atomic E-state index is 12.4. The van der Waals surface area contributed by atoms with Crippen molar-refractivity contribution in [1.82, 2.24) is 9.55 Å². The fourth-order valence-electron chi connectivity index (χ4n) is 2.69. The molecule has 0 spiro atoms. The number of aromatic nitrogens is 2. The van der Waals surface area contributed by atoms with Crippen LogP contribution in [0.5, 0.6) is 0 Å². The van der Waals surface area contributed by atoms with Crippen LogP contribution < -0.4 is 5.43 Å². The molecule has 4 heteroatoms. The zero-order valence-electron chi connectivity index (χ0n) is 12.6. The van der Waals surface area contributed by atoms with Crippen LogP contribution >= 0.6 is 0 Å². The summed E-state index contributed by atoms with van der Waals surface area (Å²) in [4.78, 5) is 16.5. The van der Waals surface area contributed by atoms with Crippen LogP contribution in [0.15, 0.2) is 76.3 Å². The number of nitrogens with zero attached hydrogens (tertiary/aromatic N) is 2. The number of rotatable bonds is 2. The normalized spacial score (nSPS) is 11.0. The SMILES string of the molecule is Cn1cncc1-c1ccc2c(=O)cc(-c3ccccc3)oc2c1. The molecule has 4 rings (SSSR count). The van der Waals surface area contributed by atoms with E-state index in [9.17, 15) is 4.79 Å². The van der Waals surface area contributed by atoms with Crippen molar-refractivity contribution in [1.29, 1.82) is 0 Å². The Balaban J connectivity index is 1.94. The van der Waals surface area contributed by atoms with Crippen molar-refractivity contribution in [3.05, 3.63) is 77.3 Å². The summed E-state index contributed by atoms with van der Waals surface area (Å²) in [7, 11) is 1.93. The molecule has 4 aromatic rings. The van der Waals surface area contributed by atoms with Gasteiger partial charge in [0.25, 0.3) is 0 Å². The van der Waals surface area contributed by atoms with E-state index in [0.29, 0.717) is 16.7 Å². The summed E-state index contributed by atoms with van der Waals surface area (Å²) in [6.07, 6.45) is 3.54. The van der Waals surface area contributed by atoms with Crippen LogP contribution in [-0.2, 0) is 7.05 Å². The maximum atomic E-state index is 12.4. The Labute approximate surface area is 132 Å². The molecule has 0 aliphatic rings. The lowest BCUT2D eigenvalue weighted by Crippen LogP contribution is -2.00. The summed E-state index contributed by atoms with van der Waals surface area (Å²) >= 11 is 0. The van der Waals surface area contributed by atoms with Gasteiger partial charge in [0.2, 0.25) is 0 Å². The Morgan fingerprint density at radius 2 is 1.83 bits per heavy atom. The highest BCUT2D eigenvalue weighted by atomic mass is 16.3. The van der Waals surface area contributed by atoms with E-state index >= 15 is 0 Å². The molecule has 0 bridgehead atoms. The molecule has 4 nitrogen and oxygen atoms in total. The van der Waals surface area contributed by atoms with E-state index in [1.165, 1.54) is 0 Å². The molecule has 2 aromatic carbocycles. The minimum Gasteiger partial charge on any atom is -0.456 e. The second-order valence-corrected chi connectivity index (χ2v) is 5.44. The average Bonchev–Trinajstić information content (AvgIpc) is 3.01. The molecule has 0 saturated heterocycles. The molecule has 23 heavy (non-hydrogen) atoms. The van der Waals surface area contributed by atoms with E-state index < -0.39 is 0 Å². The minimum atomic E-state index is -0.0401. The van der Waals surface area contributed by atoms with E-state index in [0.717, 1.165) is 16.8 Å². The highest BCUT2D eigenvalue weighted by molar-refractivity contribution is 5.83. The summed E-state index contributed by atoms with van der Waals surface area (Å²) in [5.74, 6) is 0.574. The third-order valence-electron chi connectivity index (χ3n) is 3.90. The van der Waals surface area contributed by atoms with Crippen LogP contribution in [0.3, 0.4) is 0 Å². The number of aryl methyl sites for hydroxylation is 1. The van der Waals surface area contributed by atoms with Crippen LogP contribution in [0.4, 0.5) is 0 Å². The summed E-state index contributed by atoms with van der Waals surface area (Å²) in [6, 6.07) is 16.8. The van der Waals surface area contributed by atoms with E-state index in [4.69, 9.17) is 4.42 Å². The van der Waals surface area contributed by atoms with Crippen LogP contribution in [0, 0.1) is 0 Å². The molecule has 0 N–H and O–H groups in total. The van der Waals surface area contributed by atoms with Gasteiger partial charge in [0.05, 0.1) is 23.6 Å². The van der Waals surface area contributed by atoms with E-state index in [2.05, 4.69) is 4.98 Å². The zero-order chi connectivity index (χ0) is 15.8. The van der Waals surface area contributed by atoms with Crippen molar-refractivity contribution in [2.75, 3.05) is 0 Å². The Bertz CT molecular complexity index is 1050. The third-order valence-corrected chi connectivity index (χ3v) is 3.90.